The first-order chi connectivity index (χ1) is 14.4. The van der Waals surface area contributed by atoms with Crippen LogP contribution in [0.5, 0.6) is 5.75 Å². The lowest BCUT2D eigenvalue weighted by Gasteiger charge is -2.13. The van der Waals surface area contributed by atoms with Gasteiger partial charge >= 0.3 is 0 Å². The number of fused-ring (bicyclic) bond motifs is 3. The summed E-state index contributed by atoms with van der Waals surface area (Å²) in [6, 6.07) is 7.12. The Morgan fingerprint density at radius 3 is 2.73 bits per heavy atom. The second kappa shape index (κ2) is 9.03. The van der Waals surface area contributed by atoms with E-state index in [4.69, 9.17) is 10.5 Å². The van der Waals surface area contributed by atoms with Crippen molar-refractivity contribution in [3.05, 3.63) is 57.9 Å². The Morgan fingerprint density at radius 2 is 2.03 bits per heavy atom. The maximum atomic E-state index is 11.5. The van der Waals surface area contributed by atoms with Gasteiger partial charge in [0.2, 0.25) is 0 Å². The van der Waals surface area contributed by atoms with Gasteiger partial charge in [-0.15, -0.1) is 11.3 Å². The highest BCUT2D eigenvalue weighted by atomic mass is 32.1. The highest BCUT2D eigenvalue weighted by Gasteiger charge is 2.24. The van der Waals surface area contributed by atoms with Gasteiger partial charge in [0.05, 0.1) is 12.3 Å². The SMILES string of the molecule is CC.C[C@@](O)(C#Cc1ccc2c(c1)-c1nc(C(N)=O)sc1CCO2)c1ncccn1. The standard InChI is InChI=1S/C20H16N4O3S.C2H6/c1-20(26,19-22-8-2-9-23-19)7-5-12-3-4-14-13(11-12)16-15(6-10-27-14)28-18(24-16)17(21)25;1-2/h2-4,8-9,11,26H,6,10H2,1H3,(H2,21,25);1-2H3/t20-;/m1./s1. The molecule has 7 nitrogen and oxygen atoms in total. The van der Waals surface area contributed by atoms with Gasteiger partial charge in [-0.3, -0.25) is 4.79 Å². The summed E-state index contributed by atoms with van der Waals surface area (Å²) in [5, 5.41) is 10.8. The highest BCUT2D eigenvalue weighted by Crippen LogP contribution is 2.38. The van der Waals surface area contributed by atoms with E-state index in [0.717, 1.165) is 10.4 Å². The molecule has 1 aliphatic rings. The summed E-state index contributed by atoms with van der Waals surface area (Å²) in [4.78, 5) is 25.0. The molecule has 1 atom stereocenters. The number of rotatable bonds is 2. The number of hydrogen-bond donors (Lipinski definition) is 2. The fraction of sp³-hybridized carbons (Fsp3) is 0.273. The maximum absolute atomic E-state index is 11.5. The number of thiazole rings is 1. The molecule has 4 rings (SSSR count). The van der Waals surface area contributed by atoms with Crippen LogP contribution in [0.4, 0.5) is 0 Å². The monoisotopic (exact) mass is 422 g/mol. The van der Waals surface area contributed by atoms with Crippen LogP contribution in [0.3, 0.4) is 0 Å². The number of carbonyl (C=O) groups is 1. The second-order valence-electron chi connectivity index (χ2n) is 6.36. The van der Waals surface area contributed by atoms with Crippen LogP contribution < -0.4 is 10.5 Å². The van der Waals surface area contributed by atoms with Crippen LogP contribution in [0.2, 0.25) is 0 Å². The zero-order valence-corrected chi connectivity index (χ0v) is 17.8. The number of benzene rings is 1. The summed E-state index contributed by atoms with van der Waals surface area (Å²) >= 11 is 1.28. The number of hydrogen-bond acceptors (Lipinski definition) is 7. The minimum atomic E-state index is -1.49. The van der Waals surface area contributed by atoms with E-state index in [9.17, 15) is 9.90 Å². The first-order valence-corrected chi connectivity index (χ1v) is 10.4. The van der Waals surface area contributed by atoms with E-state index in [0.29, 0.717) is 30.0 Å². The molecule has 0 spiro atoms. The van der Waals surface area contributed by atoms with Crippen molar-refractivity contribution >= 4 is 17.2 Å². The van der Waals surface area contributed by atoms with Crippen LogP contribution in [0.25, 0.3) is 11.3 Å². The van der Waals surface area contributed by atoms with Crippen LogP contribution in [-0.2, 0) is 12.0 Å². The van der Waals surface area contributed by atoms with Crippen molar-refractivity contribution in [3.63, 3.8) is 0 Å². The number of nitrogens with zero attached hydrogens (tertiary/aromatic N) is 3. The summed E-state index contributed by atoms with van der Waals surface area (Å²) in [7, 11) is 0. The van der Waals surface area contributed by atoms with Gasteiger partial charge in [0.25, 0.3) is 5.91 Å². The van der Waals surface area contributed by atoms with Crippen LogP contribution >= 0.6 is 11.3 Å². The van der Waals surface area contributed by atoms with Gasteiger partial charge in [-0.2, -0.15) is 0 Å². The van der Waals surface area contributed by atoms with Crippen molar-refractivity contribution < 1.29 is 14.6 Å². The van der Waals surface area contributed by atoms with Crippen LogP contribution in [-0.4, -0.2) is 32.6 Å². The molecule has 0 bridgehead atoms. The van der Waals surface area contributed by atoms with E-state index in [1.807, 2.05) is 26.0 Å². The molecule has 30 heavy (non-hydrogen) atoms. The molecule has 0 aliphatic carbocycles. The molecule has 1 aromatic carbocycles. The largest absolute Gasteiger partial charge is 0.493 e. The molecule has 0 unspecified atom stereocenters. The summed E-state index contributed by atoms with van der Waals surface area (Å²) in [5.74, 6) is 6.13. The number of primary amides is 1. The molecular weight excluding hydrogens is 400 g/mol. The molecule has 8 heteroatoms. The van der Waals surface area contributed by atoms with Gasteiger partial charge in [-0.05, 0) is 31.2 Å². The number of aliphatic hydroxyl groups is 1. The van der Waals surface area contributed by atoms with E-state index in [1.165, 1.54) is 11.3 Å². The Bertz CT molecular complexity index is 1110. The lowest BCUT2D eigenvalue weighted by Crippen LogP contribution is -2.21. The zero-order valence-electron chi connectivity index (χ0n) is 17.0. The minimum absolute atomic E-state index is 0.230. The molecule has 3 aromatic rings. The number of ether oxygens (including phenoxy) is 1. The Balaban J connectivity index is 0.00000124. The van der Waals surface area contributed by atoms with Crippen molar-refractivity contribution in [2.45, 2.75) is 32.8 Å². The van der Waals surface area contributed by atoms with Crippen molar-refractivity contribution in [1.29, 1.82) is 0 Å². The van der Waals surface area contributed by atoms with E-state index in [-0.39, 0.29) is 10.8 Å². The number of nitrogens with two attached hydrogens (primary N) is 1. The van der Waals surface area contributed by atoms with Crippen molar-refractivity contribution in [2.24, 2.45) is 5.73 Å². The second-order valence-corrected chi connectivity index (χ2v) is 7.44. The summed E-state index contributed by atoms with van der Waals surface area (Å²) in [5.41, 5.74) is 5.99. The Kier molecular flexibility index (Phi) is 6.45. The molecular formula is C22H22N4O3S. The van der Waals surface area contributed by atoms with Crippen molar-refractivity contribution in [2.75, 3.05) is 6.61 Å². The minimum Gasteiger partial charge on any atom is -0.493 e. The van der Waals surface area contributed by atoms with Crippen LogP contribution in [0.1, 0.15) is 46.8 Å². The Labute approximate surface area is 179 Å². The molecule has 0 saturated carbocycles. The maximum Gasteiger partial charge on any atom is 0.277 e. The van der Waals surface area contributed by atoms with Gasteiger partial charge in [0, 0.05) is 34.8 Å². The molecule has 0 radical (unpaired) electrons. The predicted octanol–water partition coefficient (Wildman–Crippen LogP) is 2.92. The fourth-order valence-electron chi connectivity index (χ4n) is 2.81. The van der Waals surface area contributed by atoms with Gasteiger partial charge in [-0.1, -0.05) is 25.7 Å². The molecule has 0 fully saturated rings. The Hall–Kier alpha value is -3.28. The van der Waals surface area contributed by atoms with Gasteiger partial charge in [0.15, 0.2) is 16.4 Å². The molecule has 1 amide bonds. The quantitative estimate of drug-likeness (QED) is 0.614. The van der Waals surface area contributed by atoms with Gasteiger partial charge in [-0.25, -0.2) is 15.0 Å². The van der Waals surface area contributed by atoms with Crippen molar-refractivity contribution in [3.8, 4) is 28.8 Å². The fourth-order valence-corrected chi connectivity index (χ4v) is 3.72. The first-order valence-electron chi connectivity index (χ1n) is 9.54. The smallest absolute Gasteiger partial charge is 0.277 e. The number of amides is 1. The average Bonchev–Trinajstić information content (AvgIpc) is 3.12. The zero-order chi connectivity index (χ0) is 21.7. The predicted molar refractivity (Wildman–Crippen MR) is 115 cm³/mol. The lowest BCUT2D eigenvalue weighted by molar-refractivity contribution is 0.0999. The third-order valence-corrected chi connectivity index (χ3v) is 5.31. The van der Waals surface area contributed by atoms with E-state index in [2.05, 4.69) is 26.8 Å². The van der Waals surface area contributed by atoms with Crippen LogP contribution in [0.15, 0.2) is 36.7 Å². The highest BCUT2D eigenvalue weighted by molar-refractivity contribution is 7.14. The van der Waals surface area contributed by atoms with Crippen LogP contribution in [0, 0.1) is 11.8 Å². The summed E-state index contributed by atoms with van der Waals surface area (Å²) in [6.45, 7) is 6.03. The topological polar surface area (TPSA) is 111 Å². The number of carbonyl (C=O) groups excluding carboxylic acids is 1. The van der Waals surface area contributed by atoms with E-state index in [1.54, 1.807) is 31.5 Å². The Morgan fingerprint density at radius 1 is 1.30 bits per heavy atom. The molecule has 0 saturated heterocycles. The van der Waals surface area contributed by atoms with E-state index >= 15 is 0 Å². The third kappa shape index (κ3) is 4.48. The number of aromatic nitrogens is 3. The molecule has 1 aliphatic heterocycles. The van der Waals surface area contributed by atoms with E-state index < -0.39 is 11.5 Å². The molecule has 3 heterocycles. The first kappa shape index (κ1) is 21.4. The van der Waals surface area contributed by atoms with Gasteiger partial charge < -0.3 is 15.6 Å². The molecule has 2 aromatic heterocycles. The third-order valence-electron chi connectivity index (χ3n) is 4.18. The normalized spacial score (nSPS) is 13.6. The molecule has 154 valence electrons. The summed E-state index contributed by atoms with van der Waals surface area (Å²) in [6.07, 6.45) is 3.76. The molecule has 3 N–H and O–H groups in total. The summed E-state index contributed by atoms with van der Waals surface area (Å²) < 4.78 is 5.79. The van der Waals surface area contributed by atoms with Gasteiger partial charge in [0.1, 0.15) is 5.75 Å². The van der Waals surface area contributed by atoms with Crippen molar-refractivity contribution in [1.82, 2.24) is 15.0 Å². The average molecular weight is 423 g/mol. The lowest BCUT2D eigenvalue weighted by atomic mass is 10.0.